The molecule has 3 rings (SSSR count). The van der Waals surface area contributed by atoms with E-state index in [1.165, 1.54) is 49.7 Å². The first-order valence-corrected chi connectivity index (χ1v) is 9.57. The molecule has 1 amide bonds. The van der Waals surface area contributed by atoms with Gasteiger partial charge in [-0.05, 0) is 36.4 Å². The number of nitrogens with zero attached hydrogens (tertiary/aromatic N) is 2. The summed E-state index contributed by atoms with van der Waals surface area (Å²) in [4.78, 5) is 20.3. The molecule has 3 N–H and O–H groups in total. The van der Waals surface area contributed by atoms with Crippen molar-refractivity contribution < 1.29 is 17.9 Å². The minimum Gasteiger partial charge on any atom is -0.481 e. The molecule has 2 aromatic carbocycles. The highest BCUT2D eigenvalue weighted by molar-refractivity contribution is 7.92. The molecule has 144 valence electrons. The van der Waals surface area contributed by atoms with Gasteiger partial charge in [-0.25, -0.2) is 13.4 Å². The highest BCUT2D eigenvalue weighted by atomic mass is 32.2. The van der Waals surface area contributed by atoms with E-state index in [0.717, 1.165) is 0 Å². The highest BCUT2D eigenvalue weighted by Gasteiger charge is 2.14. The summed E-state index contributed by atoms with van der Waals surface area (Å²) in [6, 6.07) is 15.6. The molecule has 0 atom stereocenters. The van der Waals surface area contributed by atoms with Crippen LogP contribution in [0.1, 0.15) is 10.4 Å². The predicted octanol–water partition coefficient (Wildman–Crippen LogP) is 2.04. The van der Waals surface area contributed by atoms with Gasteiger partial charge in [0.15, 0.2) is 0 Å². The molecule has 10 heteroatoms. The fourth-order valence-corrected chi connectivity index (χ4v) is 3.28. The first kappa shape index (κ1) is 19.1. The second kappa shape index (κ2) is 8.35. The van der Waals surface area contributed by atoms with E-state index in [-0.39, 0.29) is 10.8 Å². The number of nitrogens with one attached hydrogen (secondary N) is 3. The molecular weight excluding hydrogens is 382 g/mol. The van der Waals surface area contributed by atoms with Crippen LogP contribution in [0.4, 0.5) is 11.6 Å². The van der Waals surface area contributed by atoms with Crippen LogP contribution in [0.3, 0.4) is 0 Å². The van der Waals surface area contributed by atoms with E-state index in [2.05, 4.69) is 25.5 Å². The van der Waals surface area contributed by atoms with Crippen molar-refractivity contribution in [3.8, 4) is 5.88 Å². The lowest BCUT2D eigenvalue weighted by Gasteiger charge is -2.10. The van der Waals surface area contributed by atoms with Crippen LogP contribution in [0.2, 0.25) is 0 Å². The van der Waals surface area contributed by atoms with E-state index < -0.39 is 15.9 Å². The van der Waals surface area contributed by atoms with Crippen molar-refractivity contribution in [2.24, 2.45) is 0 Å². The maximum absolute atomic E-state index is 12.3. The Labute approximate surface area is 161 Å². The molecule has 0 radical (unpaired) electrons. The lowest BCUT2D eigenvalue weighted by molar-refractivity contribution is 0.0962. The summed E-state index contributed by atoms with van der Waals surface area (Å²) >= 11 is 0. The Morgan fingerprint density at radius 2 is 1.71 bits per heavy atom. The number of carbonyl (C=O) groups is 1. The second-order valence-electron chi connectivity index (χ2n) is 5.50. The largest absolute Gasteiger partial charge is 0.481 e. The Balaban J connectivity index is 1.62. The standard InChI is InChI=1S/C18H17N5O4S/c1-27-16-11-12-19-18(20-16)22-21-17(24)13-7-9-14(10-8-13)23-28(25,26)15-5-3-2-4-6-15/h2-12,23H,1H3,(H,21,24)(H,19,20,22). The van der Waals surface area contributed by atoms with Gasteiger partial charge < -0.3 is 4.74 Å². The van der Waals surface area contributed by atoms with Crippen LogP contribution >= 0.6 is 0 Å². The topological polar surface area (TPSA) is 122 Å². The van der Waals surface area contributed by atoms with Gasteiger partial charge in [-0.1, -0.05) is 18.2 Å². The molecule has 3 aromatic rings. The third-order valence-electron chi connectivity index (χ3n) is 3.58. The third kappa shape index (κ3) is 4.74. The number of ether oxygens (including phenoxy) is 1. The maximum Gasteiger partial charge on any atom is 0.269 e. The number of anilines is 2. The van der Waals surface area contributed by atoms with Gasteiger partial charge in [-0.15, -0.1) is 0 Å². The Morgan fingerprint density at radius 3 is 2.39 bits per heavy atom. The van der Waals surface area contributed by atoms with Crippen LogP contribution in [0.25, 0.3) is 0 Å². The SMILES string of the molecule is COc1ccnc(NNC(=O)c2ccc(NS(=O)(=O)c3ccccc3)cc2)n1. The zero-order valence-corrected chi connectivity index (χ0v) is 15.6. The zero-order valence-electron chi connectivity index (χ0n) is 14.8. The molecule has 0 bridgehead atoms. The number of amides is 1. The number of carbonyl (C=O) groups excluding carboxylic acids is 1. The number of methoxy groups -OCH3 is 1. The molecular formula is C18H17N5O4S. The van der Waals surface area contributed by atoms with Gasteiger partial charge in [0.25, 0.3) is 15.9 Å². The van der Waals surface area contributed by atoms with Gasteiger partial charge in [-0.3, -0.25) is 20.4 Å². The van der Waals surface area contributed by atoms with Gasteiger partial charge in [-0.2, -0.15) is 4.98 Å². The lowest BCUT2D eigenvalue weighted by atomic mass is 10.2. The zero-order chi connectivity index (χ0) is 20.0. The van der Waals surface area contributed by atoms with Gasteiger partial charge in [0.1, 0.15) is 0 Å². The minimum atomic E-state index is -3.69. The number of aromatic nitrogens is 2. The summed E-state index contributed by atoms with van der Waals surface area (Å²) in [5.41, 5.74) is 5.69. The smallest absolute Gasteiger partial charge is 0.269 e. The molecule has 0 unspecified atom stereocenters. The Bertz CT molecular complexity index is 1060. The quantitative estimate of drug-likeness (QED) is 0.520. The molecule has 0 saturated carbocycles. The van der Waals surface area contributed by atoms with E-state index in [0.29, 0.717) is 17.1 Å². The summed E-state index contributed by atoms with van der Waals surface area (Å²) in [6.07, 6.45) is 1.48. The molecule has 0 aliphatic carbocycles. The molecule has 28 heavy (non-hydrogen) atoms. The molecule has 0 aliphatic heterocycles. The van der Waals surface area contributed by atoms with Crippen molar-refractivity contribution in [3.63, 3.8) is 0 Å². The van der Waals surface area contributed by atoms with Crippen LogP contribution in [0, 0.1) is 0 Å². The molecule has 0 aliphatic rings. The van der Waals surface area contributed by atoms with Crippen LogP contribution in [-0.2, 0) is 10.0 Å². The Hall–Kier alpha value is -3.66. The average Bonchev–Trinajstić information content (AvgIpc) is 2.73. The molecule has 0 spiro atoms. The first-order valence-electron chi connectivity index (χ1n) is 8.09. The van der Waals surface area contributed by atoms with Crippen LogP contribution < -0.4 is 20.3 Å². The van der Waals surface area contributed by atoms with Crippen LogP contribution in [0.5, 0.6) is 5.88 Å². The van der Waals surface area contributed by atoms with E-state index in [9.17, 15) is 13.2 Å². The summed E-state index contributed by atoms with van der Waals surface area (Å²) in [5, 5.41) is 0. The predicted molar refractivity (Wildman–Crippen MR) is 103 cm³/mol. The fourth-order valence-electron chi connectivity index (χ4n) is 2.20. The number of rotatable bonds is 7. The molecule has 0 saturated heterocycles. The molecule has 1 heterocycles. The van der Waals surface area contributed by atoms with E-state index in [1.807, 2.05) is 0 Å². The van der Waals surface area contributed by atoms with Crippen molar-refractivity contribution in [1.82, 2.24) is 15.4 Å². The first-order chi connectivity index (χ1) is 13.5. The van der Waals surface area contributed by atoms with Crippen molar-refractivity contribution >= 4 is 27.6 Å². The minimum absolute atomic E-state index is 0.152. The van der Waals surface area contributed by atoms with E-state index in [4.69, 9.17) is 4.74 Å². The summed E-state index contributed by atoms with van der Waals surface area (Å²) in [7, 11) is -2.22. The van der Waals surface area contributed by atoms with E-state index in [1.54, 1.807) is 24.3 Å². The number of benzene rings is 2. The van der Waals surface area contributed by atoms with Crippen molar-refractivity contribution in [3.05, 3.63) is 72.4 Å². The summed E-state index contributed by atoms with van der Waals surface area (Å²) in [6.45, 7) is 0. The van der Waals surface area contributed by atoms with Crippen molar-refractivity contribution in [1.29, 1.82) is 0 Å². The van der Waals surface area contributed by atoms with Crippen LogP contribution in [0.15, 0.2) is 71.8 Å². The summed E-state index contributed by atoms with van der Waals surface area (Å²) < 4.78 is 32.0. The molecule has 1 aromatic heterocycles. The number of hydrogen-bond acceptors (Lipinski definition) is 7. The molecule has 9 nitrogen and oxygen atoms in total. The Kier molecular flexibility index (Phi) is 5.70. The fraction of sp³-hybridized carbons (Fsp3) is 0.0556. The van der Waals surface area contributed by atoms with Crippen LogP contribution in [-0.4, -0.2) is 31.4 Å². The highest BCUT2D eigenvalue weighted by Crippen LogP contribution is 2.16. The average molecular weight is 399 g/mol. The second-order valence-corrected chi connectivity index (χ2v) is 7.18. The number of hydrogen-bond donors (Lipinski definition) is 3. The Morgan fingerprint density at radius 1 is 1.00 bits per heavy atom. The maximum atomic E-state index is 12.3. The summed E-state index contributed by atoms with van der Waals surface area (Å²) in [5.74, 6) is 0.0747. The molecule has 0 fully saturated rings. The number of hydrazine groups is 1. The van der Waals surface area contributed by atoms with Gasteiger partial charge in [0.05, 0.1) is 12.0 Å². The van der Waals surface area contributed by atoms with Crippen molar-refractivity contribution in [2.75, 3.05) is 17.3 Å². The van der Waals surface area contributed by atoms with Gasteiger partial charge in [0.2, 0.25) is 11.8 Å². The third-order valence-corrected chi connectivity index (χ3v) is 4.98. The van der Waals surface area contributed by atoms with E-state index >= 15 is 0 Å². The van der Waals surface area contributed by atoms with Gasteiger partial charge >= 0.3 is 0 Å². The monoisotopic (exact) mass is 399 g/mol. The normalized spacial score (nSPS) is 10.8. The van der Waals surface area contributed by atoms with Crippen molar-refractivity contribution in [2.45, 2.75) is 4.90 Å². The number of sulfonamides is 1. The van der Waals surface area contributed by atoms with Gasteiger partial charge in [0, 0.05) is 23.5 Å². The lowest BCUT2D eigenvalue weighted by Crippen LogP contribution is -2.30.